The van der Waals surface area contributed by atoms with E-state index in [1.165, 1.54) is 0 Å². The van der Waals surface area contributed by atoms with E-state index in [4.69, 9.17) is 0 Å². The van der Waals surface area contributed by atoms with Crippen molar-refractivity contribution in [2.24, 2.45) is 5.92 Å². The Balaban J connectivity index is 1.32. The molecule has 0 amide bonds. The van der Waals surface area contributed by atoms with Crippen molar-refractivity contribution in [2.75, 3.05) is 5.75 Å². The molecule has 0 aromatic carbocycles. The first-order valence-electron chi connectivity index (χ1n) is 9.26. The molecule has 2 N–H and O–H groups in total. The number of aromatic nitrogens is 5. The van der Waals surface area contributed by atoms with Crippen LogP contribution in [-0.4, -0.2) is 45.0 Å². The summed E-state index contributed by atoms with van der Waals surface area (Å²) in [6.07, 6.45) is 9.25. The van der Waals surface area contributed by atoms with Gasteiger partial charge >= 0.3 is 0 Å². The Hall–Kier alpha value is -2.00. The summed E-state index contributed by atoms with van der Waals surface area (Å²) in [5.74, 6) is 0.811. The van der Waals surface area contributed by atoms with Crippen LogP contribution in [0.4, 0.5) is 0 Å². The van der Waals surface area contributed by atoms with Gasteiger partial charge in [0.15, 0.2) is 0 Å². The number of fused-ring (bicyclic) bond motifs is 3. The maximum absolute atomic E-state index is 12.2. The molecule has 0 spiro atoms. The average molecular weight is 374 g/mol. The molecule has 9 heteroatoms. The number of H-pyrrole nitrogens is 1. The number of nitrogens with one attached hydrogen (secondary N) is 2. The Morgan fingerprint density at radius 2 is 2.00 bits per heavy atom. The molecule has 0 bridgehead atoms. The van der Waals surface area contributed by atoms with Crippen LogP contribution in [0.5, 0.6) is 0 Å². The van der Waals surface area contributed by atoms with E-state index in [1.54, 1.807) is 10.8 Å². The monoisotopic (exact) mass is 374 g/mol. The van der Waals surface area contributed by atoms with Crippen molar-refractivity contribution >= 4 is 26.6 Å². The van der Waals surface area contributed by atoms with Crippen LogP contribution in [0.2, 0.25) is 0 Å². The van der Waals surface area contributed by atoms with Gasteiger partial charge in [0.1, 0.15) is 17.5 Å². The van der Waals surface area contributed by atoms with Crippen molar-refractivity contribution in [2.45, 2.75) is 50.5 Å². The highest BCUT2D eigenvalue weighted by atomic mass is 32.2. The lowest BCUT2D eigenvalue weighted by atomic mass is 9.81. The highest BCUT2D eigenvalue weighted by Gasteiger charge is 2.32. The van der Waals surface area contributed by atoms with Gasteiger partial charge < -0.3 is 4.98 Å². The molecule has 2 saturated carbocycles. The van der Waals surface area contributed by atoms with Gasteiger partial charge in [0.25, 0.3) is 0 Å². The Labute approximate surface area is 151 Å². The van der Waals surface area contributed by atoms with Crippen LogP contribution in [0.15, 0.2) is 18.6 Å². The predicted octanol–water partition coefficient (Wildman–Crippen LogP) is 1.96. The first-order valence-corrected chi connectivity index (χ1v) is 10.9. The summed E-state index contributed by atoms with van der Waals surface area (Å²) < 4.78 is 28.9. The van der Waals surface area contributed by atoms with Gasteiger partial charge in [-0.2, -0.15) is 0 Å². The normalized spacial score (nSPS) is 24.5. The second-order valence-corrected chi connectivity index (χ2v) is 9.44. The molecule has 138 valence electrons. The molecule has 2 aliphatic carbocycles. The average Bonchev–Trinajstić information content (AvgIpc) is 3.11. The van der Waals surface area contributed by atoms with Crippen LogP contribution >= 0.6 is 0 Å². The van der Waals surface area contributed by atoms with Crippen LogP contribution in [0.25, 0.3) is 16.6 Å². The molecule has 8 nitrogen and oxygen atoms in total. The summed E-state index contributed by atoms with van der Waals surface area (Å²) >= 11 is 0. The van der Waals surface area contributed by atoms with Crippen LogP contribution in [-0.2, 0) is 10.0 Å². The van der Waals surface area contributed by atoms with Gasteiger partial charge in [-0.25, -0.2) is 22.6 Å². The van der Waals surface area contributed by atoms with Crippen molar-refractivity contribution in [3.8, 4) is 0 Å². The molecule has 3 aromatic heterocycles. The Morgan fingerprint density at radius 1 is 1.19 bits per heavy atom. The van der Waals surface area contributed by atoms with Crippen molar-refractivity contribution in [1.82, 2.24) is 29.5 Å². The first-order chi connectivity index (χ1) is 12.6. The van der Waals surface area contributed by atoms with E-state index >= 15 is 0 Å². The number of hydrogen-bond acceptors (Lipinski definition) is 5. The molecule has 0 unspecified atom stereocenters. The third kappa shape index (κ3) is 2.99. The van der Waals surface area contributed by atoms with Crippen molar-refractivity contribution in [3.63, 3.8) is 0 Å². The third-order valence-corrected chi connectivity index (χ3v) is 7.21. The zero-order chi connectivity index (χ0) is 17.7. The number of aromatic amines is 1. The molecule has 5 rings (SSSR count). The van der Waals surface area contributed by atoms with Gasteiger partial charge in [0, 0.05) is 23.5 Å². The standard InChI is InChI=1S/C17H22N6O2S/c24-26(25,21-13-5-6-13)9-11-1-3-12(4-2-11)15-16-14-7-8-18-17(14)19-10-23(16)22-20-15/h7-8,10-13,18,21H,1-6,9H2. The molecule has 0 saturated heterocycles. The molecule has 0 aliphatic heterocycles. The second kappa shape index (κ2) is 6.02. The highest BCUT2D eigenvalue weighted by Crippen LogP contribution is 2.38. The van der Waals surface area contributed by atoms with Gasteiger partial charge in [0.2, 0.25) is 10.0 Å². The molecule has 0 atom stereocenters. The molecule has 26 heavy (non-hydrogen) atoms. The molecule has 3 aromatic rings. The molecule has 2 fully saturated rings. The van der Waals surface area contributed by atoms with Gasteiger partial charge in [-0.05, 0) is 50.5 Å². The maximum Gasteiger partial charge on any atom is 0.212 e. The van der Waals surface area contributed by atoms with E-state index in [2.05, 4.69) is 25.0 Å². The largest absolute Gasteiger partial charge is 0.346 e. The van der Waals surface area contributed by atoms with Crippen molar-refractivity contribution < 1.29 is 8.42 Å². The minimum atomic E-state index is -3.14. The Kier molecular flexibility index (Phi) is 3.75. The number of rotatable bonds is 5. The summed E-state index contributed by atoms with van der Waals surface area (Å²) in [7, 11) is -3.14. The quantitative estimate of drug-likeness (QED) is 0.710. The highest BCUT2D eigenvalue weighted by molar-refractivity contribution is 7.89. The summed E-state index contributed by atoms with van der Waals surface area (Å²) in [5, 5.41) is 9.68. The zero-order valence-corrected chi connectivity index (χ0v) is 15.2. The summed E-state index contributed by atoms with van der Waals surface area (Å²) in [6, 6.07) is 2.20. The van der Waals surface area contributed by atoms with Crippen LogP contribution in [0, 0.1) is 5.92 Å². The second-order valence-electron chi connectivity index (χ2n) is 7.64. The van der Waals surface area contributed by atoms with Crippen molar-refractivity contribution in [3.05, 3.63) is 24.3 Å². The van der Waals surface area contributed by atoms with E-state index < -0.39 is 10.0 Å². The molecule has 3 heterocycles. The fraction of sp³-hybridized carbons (Fsp3) is 0.588. The Bertz CT molecular complexity index is 1040. The van der Waals surface area contributed by atoms with E-state index in [1.807, 2.05) is 12.3 Å². The lowest BCUT2D eigenvalue weighted by Gasteiger charge is -2.27. The lowest BCUT2D eigenvalue weighted by molar-refractivity contribution is 0.345. The number of hydrogen-bond donors (Lipinski definition) is 2. The van der Waals surface area contributed by atoms with Crippen LogP contribution < -0.4 is 4.72 Å². The lowest BCUT2D eigenvalue weighted by Crippen LogP contribution is -2.32. The minimum Gasteiger partial charge on any atom is -0.346 e. The summed E-state index contributed by atoms with van der Waals surface area (Å²) in [5.41, 5.74) is 2.86. The summed E-state index contributed by atoms with van der Waals surface area (Å²) in [4.78, 5) is 7.47. The number of nitrogens with zero attached hydrogens (tertiary/aromatic N) is 4. The third-order valence-electron chi connectivity index (χ3n) is 5.61. The fourth-order valence-electron chi connectivity index (χ4n) is 4.11. The van der Waals surface area contributed by atoms with Gasteiger partial charge in [-0.15, -0.1) is 5.10 Å². The van der Waals surface area contributed by atoms with E-state index in [9.17, 15) is 8.42 Å². The predicted molar refractivity (Wildman–Crippen MR) is 97.3 cm³/mol. The van der Waals surface area contributed by atoms with E-state index in [0.29, 0.717) is 5.92 Å². The van der Waals surface area contributed by atoms with Gasteiger partial charge in [-0.1, -0.05) is 5.21 Å². The fourth-order valence-corrected chi connectivity index (χ4v) is 5.90. The molecule has 2 aliphatic rings. The zero-order valence-electron chi connectivity index (χ0n) is 14.4. The topological polar surface area (TPSA) is 105 Å². The smallest absolute Gasteiger partial charge is 0.212 e. The SMILES string of the molecule is O=S(=O)(CC1CCC(c2nnn3cnc4[nH]ccc4c23)CC1)NC1CC1. The first kappa shape index (κ1) is 16.2. The van der Waals surface area contributed by atoms with Crippen molar-refractivity contribution in [1.29, 1.82) is 0 Å². The van der Waals surface area contributed by atoms with Gasteiger partial charge in [-0.3, -0.25) is 0 Å². The molecule has 0 radical (unpaired) electrons. The van der Waals surface area contributed by atoms with Crippen LogP contribution in [0.1, 0.15) is 50.1 Å². The van der Waals surface area contributed by atoms with Gasteiger partial charge in [0.05, 0.1) is 11.4 Å². The minimum absolute atomic E-state index is 0.191. The maximum atomic E-state index is 12.2. The Morgan fingerprint density at radius 3 is 2.77 bits per heavy atom. The number of sulfonamides is 1. The molecular weight excluding hydrogens is 352 g/mol. The van der Waals surface area contributed by atoms with E-state index in [-0.39, 0.29) is 17.7 Å². The van der Waals surface area contributed by atoms with Crippen LogP contribution in [0.3, 0.4) is 0 Å². The van der Waals surface area contributed by atoms with E-state index in [0.717, 1.165) is 60.8 Å². The summed E-state index contributed by atoms with van der Waals surface area (Å²) in [6.45, 7) is 0. The molecular formula is C17H22N6O2S.